The fourth-order valence-corrected chi connectivity index (χ4v) is 2.02. The van der Waals surface area contributed by atoms with Gasteiger partial charge in [0.25, 0.3) is 5.91 Å². The van der Waals surface area contributed by atoms with E-state index in [1.165, 1.54) is 7.11 Å². The molecule has 20 heavy (non-hydrogen) atoms. The van der Waals surface area contributed by atoms with E-state index in [9.17, 15) is 4.79 Å². The fraction of sp³-hybridized carbons (Fsp3) is 0.500. The molecule has 0 spiro atoms. The summed E-state index contributed by atoms with van der Waals surface area (Å²) in [4.78, 5) is 11.7. The second kappa shape index (κ2) is 7.97. The standard InChI is InChI=1S/C14H21ClN2O3/c1-4-17-14(18)9(2)20-13-11(15)7-10(5-6-16)8-12(13)19-3/h7-9H,4-6,16H2,1-3H3,(H,17,18). The summed E-state index contributed by atoms with van der Waals surface area (Å²) in [5.41, 5.74) is 6.49. The summed E-state index contributed by atoms with van der Waals surface area (Å²) < 4.78 is 10.9. The van der Waals surface area contributed by atoms with E-state index in [4.69, 9.17) is 26.8 Å². The van der Waals surface area contributed by atoms with Gasteiger partial charge < -0.3 is 20.5 Å². The Morgan fingerprint density at radius 2 is 2.20 bits per heavy atom. The van der Waals surface area contributed by atoms with E-state index in [1.807, 2.05) is 13.0 Å². The minimum absolute atomic E-state index is 0.198. The number of carbonyl (C=O) groups excluding carboxylic acids is 1. The topological polar surface area (TPSA) is 73.6 Å². The number of methoxy groups -OCH3 is 1. The quantitative estimate of drug-likeness (QED) is 0.804. The van der Waals surface area contributed by atoms with Gasteiger partial charge in [0.2, 0.25) is 0 Å². The van der Waals surface area contributed by atoms with Crippen molar-refractivity contribution in [3.05, 3.63) is 22.7 Å². The highest BCUT2D eigenvalue weighted by Gasteiger charge is 2.19. The molecule has 1 unspecified atom stereocenters. The predicted octanol–water partition coefficient (Wildman–Crippen LogP) is 1.75. The fourth-order valence-electron chi connectivity index (χ4n) is 1.75. The SMILES string of the molecule is CCNC(=O)C(C)Oc1c(Cl)cc(CCN)cc1OC. The average Bonchev–Trinajstić information content (AvgIpc) is 2.41. The molecule has 0 aliphatic rings. The van der Waals surface area contributed by atoms with Crippen LogP contribution in [0.1, 0.15) is 19.4 Å². The number of rotatable bonds is 7. The summed E-state index contributed by atoms with van der Waals surface area (Å²) in [5.74, 6) is 0.669. The predicted molar refractivity (Wildman–Crippen MR) is 79.5 cm³/mol. The van der Waals surface area contributed by atoms with Gasteiger partial charge in [0.05, 0.1) is 12.1 Å². The number of hydrogen-bond acceptors (Lipinski definition) is 4. The Bertz CT molecular complexity index is 466. The maximum Gasteiger partial charge on any atom is 0.260 e. The van der Waals surface area contributed by atoms with E-state index >= 15 is 0 Å². The van der Waals surface area contributed by atoms with E-state index in [0.29, 0.717) is 36.0 Å². The molecule has 0 saturated carbocycles. The highest BCUT2D eigenvalue weighted by molar-refractivity contribution is 6.32. The van der Waals surface area contributed by atoms with Crippen LogP contribution in [0.4, 0.5) is 0 Å². The Labute approximate surface area is 124 Å². The Balaban J connectivity index is 2.96. The van der Waals surface area contributed by atoms with Crippen LogP contribution in [0.2, 0.25) is 5.02 Å². The number of hydrogen-bond donors (Lipinski definition) is 2. The number of amides is 1. The van der Waals surface area contributed by atoms with Gasteiger partial charge in [-0.05, 0) is 44.5 Å². The molecule has 0 fully saturated rings. The zero-order valence-corrected chi connectivity index (χ0v) is 12.8. The number of carbonyl (C=O) groups is 1. The second-order valence-corrected chi connectivity index (χ2v) is 4.71. The number of ether oxygens (including phenoxy) is 2. The number of likely N-dealkylation sites (N-methyl/N-ethyl adjacent to an activating group) is 1. The summed E-state index contributed by atoms with van der Waals surface area (Å²) >= 11 is 6.20. The van der Waals surface area contributed by atoms with Gasteiger partial charge in [-0.15, -0.1) is 0 Å². The molecule has 5 nitrogen and oxygen atoms in total. The Kier molecular flexibility index (Phi) is 6.61. The second-order valence-electron chi connectivity index (χ2n) is 4.30. The molecular weight excluding hydrogens is 280 g/mol. The Hall–Kier alpha value is -1.46. The van der Waals surface area contributed by atoms with Gasteiger partial charge in [-0.2, -0.15) is 0 Å². The zero-order chi connectivity index (χ0) is 15.1. The first kappa shape index (κ1) is 16.6. The third-order valence-corrected chi connectivity index (χ3v) is 3.02. The number of nitrogens with two attached hydrogens (primary N) is 1. The van der Waals surface area contributed by atoms with Crippen LogP contribution in [-0.4, -0.2) is 32.2 Å². The van der Waals surface area contributed by atoms with Gasteiger partial charge in [-0.1, -0.05) is 11.6 Å². The molecule has 0 saturated heterocycles. The van der Waals surface area contributed by atoms with Gasteiger partial charge in [0, 0.05) is 6.54 Å². The lowest BCUT2D eigenvalue weighted by Gasteiger charge is -2.18. The van der Waals surface area contributed by atoms with Crippen LogP contribution in [0.15, 0.2) is 12.1 Å². The minimum Gasteiger partial charge on any atom is -0.493 e. The van der Waals surface area contributed by atoms with Crippen molar-refractivity contribution < 1.29 is 14.3 Å². The molecule has 6 heteroatoms. The lowest BCUT2D eigenvalue weighted by molar-refractivity contribution is -0.127. The summed E-state index contributed by atoms with van der Waals surface area (Å²) in [6, 6.07) is 3.59. The molecule has 1 amide bonds. The molecule has 0 aliphatic carbocycles. The lowest BCUT2D eigenvalue weighted by Crippen LogP contribution is -2.36. The van der Waals surface area contributed by atoms with Crippen molar-refractivity contribution >= 4 is 17.5 Å². The summed E-state index contributed by atoms with van der Waals surface area (Å²) in [5, 5.41) is 3.10. The molecule has 1 rings (SSSR count). The molecule has 1 aromatic carbocycles. The van der Waals surface area contributed by atoms with E-state index in [2.05, 4.69) is 5.32 Å². The van der Waals surface area contributed by atoms with Crippen molar-refractivity contribution in [1.29, 1.82) is 0 Å². The first-order chi connectivity index (χ1) is 9.53. The van der Waals surface area contributed by atoms with Gasteiger partial charge >= 0.3 is 0 Å². The third kappa shape index (κ3) is 4.28. The Morgan fingerprint density at radius 3 is 2.75 bits per heavy atom. The van der Waals surface area contributed by atoms with Crippen molar-refractivity contribution in [2.75, 3.05) is 20.2 Å². The molecule has 1 aromatic rings. The van der Waals surface area contributed by atoms with Crippen LogP contribution in [0.3, 0.4) is 0 Å². The summed E-state index contributed by atoms with van der Waals surface area (Å²) in [6.07, 6.45) is 0.0455. The number of halogens is 1. The van der Waals surface area contributed by atoms with E-state index < -0.39 is 6.10 Å². The molecule has 1 atom stereocenters. The van der Waals surface area contributed by atoms with Crippen LogP contribution in [0.5, 0.6) is 11.5 Å². The maximum absolute atomic E-state index is 11.7. The molecular formula is C14H21ClN2O3. The largest absolute Gasteiger partial charge is 0.493 e. The van der Waals surface area contributed by atoms with Crippen LogP contribution in [-0.2, 0) is 11.2 Å². The van der Waals surface area contributed by atoms with E-state index in [-0.39, 0.29) is 5.91 Å². The first-order valence-corrected chi connectivity index (χ1v) is 6.92. The van der Waals surface area contributed by atoms with E-state index in [1.54, 1.807) is 13.0 Å². The molecule has 3 N–H and O–H groups in total. The lowest BCUT2D eigenvalue weighted by atomic mass is 10.1. The number of benzene rings is 1. The average molecular weight is 301 g/mol. The molecule has 0 aliphatic heterocycles. The van der Waals surface area contributed by atoms with Gasteiger partial charge in [0.15, 0.2) is 17.6 Å². The van der Waals surface area contributed by atoms with E-state index in [0.717, 1.165) is 5.56 Å². The van der Waals surface area contributed by atoms with Crippen molar-refractivity contribution in [2.45, 2.75) is 26.4 Å². The molecule has 0 heterocycles. The molecule has 112 valence electrons. The summed E-state index contributed by atoms with van der Waals surface area (Å²) in [7, 11) is 1.53. The van der Waals surface area contributed by atoms with Crippen LogP contribution >= 0.6 is 11.6 Å². The number of nitrogens with one attached hydrogen (secondary N) is 1. The monoisotopic (exact) mass is 300 g/mol. The highest BCUT2D eigenvalue weighted by atomic mass is 35.5. The highest BCUT2D eigenvalue weighted by Crippen LogP contribution is 2.37. The normalized spacial score (nSPS) is 11.8. The van der Waals surface area contributed by atoms with Crippen molar-refractivity contribution in [1.82, 2.24) is 5.32 Å². The van der Waals surface area contributed by atoms with Crippen LogP contribution < -0.4 is 20.5 Å². The summed E-state index contributed by atoms with van der Waals surface area (Å²) in [6.45, 7) is 4.58. The van der Waals surface area contributed by atoms with Crippen molar-refractivity contribution in [2.24, 2.45) is 5.73 Å². The molecule has 0 aromatic heterocycles. The maximum atomic E-state index is 11.7. The van der Waals surface area contributed by atoms with Gasteiger partial charge in [-0.3, -0.25) is 4.79 Å². The van der Waals surface area contributed by atoms with Gasteiger partial charge in [0.1, 0.15) is 0 Å². The van der Waals surface area contributed by atoms with Crippen molar-refractivity contribution in [3.8, 4) is 11.5 Å². The van der Waals surface area contributed by atoms with Crippen LogP contribution in [0, 0.1) is 0 Å². The minimum atomic E-state index is -0.651. The molecule has 0 radical (unpaired) electrons. The van der Waals surface area contributed by atoms with Crippen molar-refractivity contribution in [3.63, 3.8) is 0 Å². The van der Waals surface area contributed by atoms with Gasteiger partial charge in [-0.25, -0.2) is 0 Å². The zero-order valence-electron chi connectivity index (χ0n) is 12.0. The Morgan fingerprint density at radius 1 is 1.50 bits per heavy atom. The smallest absolute Gasteiger partial charge is 0.260 e. The third-order valence-electron chi connectivity index (χ3n) is 2.74. The molecule has 0 bridgehead atoms. The first-order valence-electron chi connectivity index (χ1n) is 6.54. The van der Waals surface area contributed by atoms with Crippen LogP contribution in [0.25, 0.3) is 0 Å².